The van der Waals surface area contributed by atoms with Crippen LogP contribution in [0.2, 0.25) is 0 Å². The molecule has 3 aromatic rings. The Morgan fingerprint density at radius 2 is 1.76 bits per heavy atom. The summed E-state index contributed by atoms with van der Waals surface area (Å²) in [5.74, 6) is -0.407. The number of amides is 1. The molecule has 3 rings (SSSR count). The van der Waals surface area contributed by atoms with E-state index in [1.807, 2.05) is 36.4 Å². The molecule has 126 valence electrons. The van der Waals surface area contributed by atoms with Crippen LogP contribution in [0.5, 0.6) is 0 Å². The van der Waals surface area contributed by atoms with Crippen molar-refractivity contribution in [3.8, 4) is 0 Å². The summed E-state index contributed by atoms with van der Waals surface area (Å²) in [6, 6.07) is 16.4. The van der Waals surface area contributed by atoms with Crippen LogP contribution in [0.25, 0.3) is 11.0 Å². The lowest BCUT2D eigenvalue weighted by atomic mass is 10.3. The van der Waals surface area contributed by atoms with Crippen molar-refractivity contribution < 1.29 is 4.79 Å². The molecule has 0 fully saturated rings. The van der Waals surface area contributed by atoms with Crippen LogP contribution in [0, 0.1) is 0 Å². The van der Waals surface area contributed by atoms with Crippen molar-refractivity contribution in [2.75, 3.05) is 5.32 Å². The van der Waals surface area contributed by atoms with E-state index >= 15 is 0 Å². The number of anilines is 1. The molecule has 1 aromatic heterocycles. The van der Waals surface area contributed by atoms with Crippen molar-refractivity contribution in [1.29, 1.82) is 0 Å². The number of aromatic nitrogens is 2. The van der Waals surface area contributed by atoms with Gasteiger partial charge in [-0.05, 0) is 36.5 Å². The van der Waals surface area contributed by atoms with E-state index in [1.54, 1.807) is 18.2 Å². The summed E-state index contributed by atoms with van der Waals surface area (Å²) in [6.45, 7) is -0.150. The average molecular weight is 353 g/mol. The second kappa shape index (κ2) is 7.54. The molecule has 0 saturated heterocycles. The maximum Gasteiger partial charge on any atom is 0.269 e. The molecule has 1 amide bonds. The number of nitrogens with zero attached hydrogens (tertiary/aromatic N) is 2. The molecular weight excluding hydrogens is 338 g/mol. The molecule has 0 unspecified atom stereocenters. The van der Waals surface area contributed by atoms with Crippen LogP contribution in [0.15, 0.2) is 65.6 Å². The number of benzene rings is 2. The minimum absolute atomic E-state index is 0.150. The third kappa shape index (κ3) is 4.18. The highest BCUT2D eigenvalue weighted by atomic mass is 32.1. The lowest BCUT2D eigenvalue weighted by Gasteiger charge is -2.13. The van der Waals surface area contributed by atoms with Gasteiger partial charge in [-0.2, -0.15) is 0 Å². The molecule has 8 heteroatoms. The van der Waals surface area contributed by atoms with E-state index in [0.29, 0.717) is 11.0 Å². The van der Waals surface area contributed by atoms with E-state index in [9.17, 15) is 9.59 Å². The third-order valence-electron chi connectivity index (χ3n) is 3.40. The molecule has 0 saturated carbocycles. The molecule has 25 heavy (non-hydrogen) atoms. The van der Waals surface area contributed by atoms with Crippen molar-refractivity contribution in [2.24, 2.45) is 0 Å². The van der Waals surface area contributed by atoms with Gasteiger partial charge in [-0.25, -0.2) is 4.98 Å². The second-order valence-corrected chi connectivity index (χ2v) is 5.57. The Bertz CT molecular complexity index is 971. The van der Waals surface area contributed by atoms with Crippen molar-refractivity contribution in [3.05, 3.63) is 71.1 Å². The van der Waals surface area contributed by atoms with Gasteiger partial charge >= 0.3 is 0 Å². The Kier molecular flexibility index (Phi) is 5.00. The van der Waals surface area contributed by atoms with Gasteiger partial charge in [0.2, 0.25) is 0 Å². The van der Waals surface area contributed by atoms with Gasteiger partial charge in [-0.15, -0.1) is 0 Å². The minimum atomic E-state index is -0.407. The fraction of sp³-hybridized carbons (Fsp3) is 0.0588. The number of para-hydroxylation sites is 3. The van der Waals surface area contributed by atoms with E-state index in [2.05, 4.69) is 21.2 Å². The predicted octanol–water partition coefficient (Wildman–Crippen LogP) is 1.41. The highest BCUT2D eigenvalue weighted by Crippen LogP contribution is 2.07. The highest BCUT2D eigenvalue weighted by molar-refractivity contribution is 7.80. The first-order valence-corrected chi connectivity index (χ1v) is 7.90. The summed E-state index contributed by atoms with van der Waals surface area (Å²) in [4.78, 5) is 28.2. The van der Waals surface area contributed by atoms with Gasteiger partial charge < -0.3 is 5.32 Å². The van der Waals surface area contributed by atoms with Crippen LogP contribution in [0.4, 0.5) is 5.69 Å². The van der Waals surface area contributed by atoms with Crippen molar-refractivity contribution in [1.82, 2.24) is 20.4 Å². The first-order chi connectivity index (χ1) is 12.1. The zero-order valence-electron chi connectivity index (χ0n) is 13.1. The maximum absolute atomic E-state index is 12.1. The highest BCUT2D eigenvalue weighted by Gasteiger charge is 2.09. The van der Waals surface area contributed by atoms with Crippen molar-refractivity contribution in [2.45, 2.75) is 6.54 Å². The first kappa shape index (κ1) is 16.6. The number of carbonyl (C=O) groups is 1. The average Bonchev–Trinajstić information content (AvgIpc) is 2.63. The summed E-state index contributed by atoms with van der Waals surface area (Å²) in [5.41, 5.74) is 6.76. The van der Waals surface area contributed by atoms with Gasteiger partial charge in [0.15, 0.2) is 5.11 Å². The molecule has 3 N–H and O–H groups in total. The molecule has 1 heterocycles. The first-order valence-electron chi connectivity index (χ1n) is 7.49. The SMILES string of the molecule is O=C(Cn1c(=O)cnc2ccccc21)NNC(=S)Nc1ccccc1. The van der Waals surface area contributed by atoms with Crippen molar-refractivity contribution >= 4 is 40.0 Å². The Morgan fingerprint density at radius 1 is 1.04 bits per heavy atom. The summed E-state index contributed by atoms with van der Waals surface area (Å²) in [5, 5.41) is 3.17. The molecular formula is C17H15N5O2S. The number of hydrogen-bond acceptors (Lipinski definition) is 4. The molecule has 0 aliphatic heterocycles. The standard InChI is InChI=1S/C17H15N5O2S/c23-15(20-21-17(25)19-12-6-2-1-3-7-12)11-22-14-9-5-4-8-13(14)18-10-16(22)24/h1-10H,11H2,(H,20,23)(H2,19,21,25). The lowest BCUT2D eigenvalue weighted by Crippen LogP contribution is -2.45. The number of rotatable bonds is 3. The number of carbonyl (C=O) groups excluding carboxylic acids is 1. The van der Waals surface area contributed by atoms with Crippen LogP contribution in [0.1, 0.15) is 0 Å². The van der Waals surface area contributed by atoms with Gasteiger partial charge in [0.1, 0.15) is 6.54 Å². The Labute approximate surface area is 148 Å². The van der Waals surface area contributed by atoms with E-state index < -0.39 is 5.91 Å². The molecule has 0 bridgehead atoms. The molecule has 0 spiro atoms. The summed E-state index contributed by atoms with van der Waals surface area (Å²) in [6.07, 6.45) is 1.20. The zero-order chi connectivity index (χ0) is 17.6. The zero-order valence-corrected chi connectivity index (χ0v) is 13.9. The van der Waals surface area contributed by atoms with E-state index in [0.717, 1.165) is 5.69 Å². The van der Waals surface area contributed by atoms with Crippen LogP contribution in [0.3, 0.4) is 0 Å². The van der Waals surface area contributed by atoms with Gasteiger partial charge in [0.25, 0.3) is 11.5 Å². The lowest BCUT2D eigenvalue weighted by molar-refractivity contribution is -0.122. The van der Waals surface area contributed by atoms with Crippen LogP contribution in [-0.4, -0.2) is 20.6 Å². The fourth-order valence-electron chi connectivity index (χ4n) is 2.27. The van der Waals surface area contributed by atoms with Gasteiger partial charge in [-0.3, -0.25) is 25.0 Å². The predicted molar refractivity (Wildman–Crippen MR) is 99.9 cm³/mol. The topological polar surface area (TPSA) is 88.0 Å². The van der Waals surface area contributed by atoms with Crippen LogP contribution < -0.4 is 21.7 Å². The molecule has 0 radical (unpaired) electrons. The van der Waals surface area contributed by atoms with Gasteiger partial charge in [0, 0.05) is 5.69 Å². The molecule has 0 aliphatic carbocycles. The number of nitrogens with one attached hydrogen (secondary N) is 3. The summed E-state index contributed by atoms with van der Waals surface area (Å²) < 4.78 is 1.35. The van der Waals surface area contributed by atoms with E-state index in [4.69, 9.17) is 12.2 Å². The second-order valence-electron chi connectivity index (χ2n) is 5.16. The molecule has 2 aromatic carbocycles. The maximum atomic E-state index is 12.1. The fourth-order valence-corrected chi connectivity index (χ4v) is 2.44. The quantitative estimate of drug-likeness (QED) is 0.487. The van der Waals surface area contributed by atoms with E-state index in [1.165, 1.54) is 10.8 Å². The summed E-state index contributed by atoms with van der Waals surface area (Å²) >= 11 is 5.11. The van der Waals surface area contributed by atoms with Crippen LogP contribution in [-0.2, 0) is 11.3 Å². The van der Waals surface area contributed by atoms with Gasteiger partial charge in [-0.1, -0.05) is 30.3 Å². The van der Waals surface area contributed by atoms with Crippen LogP contribution >= 0.6 is 12.2 Å². The third-order valence-corrected chi connectivity index (χ3v) is 3.61. The Balaban J connectivity index is 1.63. The number of thiocarbonyl (C=S) groups is 1. The largest absolute Gasteiger partial charge is 0.331 e. The number of hydrogen-bond donors (Lipinski definition) is 3. The normalized spacial score (nSPS) is 10.2. The van der Waals surface area contributed by atoms with Gasteiger partial charge in [0.05, 0.1) is 17.2 Å². The molecule has 0 atom stereocenters. The van der Waals surface area contributed by atoms with E-state index in [-0.39, 0.29) is 17.2 Å². The number of hydrazine groups is 1. The summed E-state index contributed by atoms with van der Waals surface area (Å²) in [7, 11) is 0. The molecule has 0 aliphatic rings. The Morgan fingerprint density at radius 3 is 2.56 bits per heavy atom. The number of fused-ring (bicyclic) bond motifs is 1. The minimum Gasteiger partial charge on any atom is -0.331 e. The Hall–Kier alpha value is -3.26. The smallest absolute Gasteiger partial charge is 0.269 e. The molecule has 7 nitrogen and oxygen atoms in total. The monoisotopic (exact) mass is 353 g/mol. The van der Waals surface area contributed by atoms with Crippen molar-refractivity contribution in [3.63, 3.8) is 0 Å².